The summed E-state index contributed by atoms with van der Waals surface area (Å²) in [7, 11) is 5.61. The molecule has 5 heterocycles. The van der Waals surface area contributed by atoms with Gasteiger partial charge in [0.1, 0.15) is 23.6 Å². The van der Waals surface area contributed by atoms with E-state index in [1.54, 1.807) is 25.4 Å². The van der Waals surface area contributed by atoms with Crippen LogP contribution in [0.5, 0.6) is 6.01 Å². The van der Waals surface area contributed by atoms with Crippen molar-refractivity contribution in [2.75, 3.05) is 78.6 Å². The molecule has 0 saturated carbocycles. The number of aromatic nitrogens is 3. The highest BCUT2D eigenvalue weighted by Gasteiger charge is 2.45. The molecule has 2 aromatic heterocycles. The van der Waals surface area contributed by atoms with Crippen molar-refractivity contribution in [2.24, 2.45) is 0 Å². The molecule has 1 amide bonds. The van der Waals surface area contributed by atoms with E-state index < -0.39 is 5.82 Å². The number of nitrogens with zero attached hydrogens (tertiary/aromatic N) is 7. The van der Waals surface area contributed by atoms with Gasteiger partial charge in [0.25, 0.3) is 0 Å². The minimum Gasteiger partial charge on any atom is -0.461 e. The van der Waals surface area contributed by atoms with Crippen molar-refractivity contribution >= 4 is 45.0 Å². The highest BCUT2D eigenvalue weighted by molar-refractivity contribution is 6.36. The number of anilines is 1. The largest absolute Gasteiger partial charge is 0.461 e. The molecule has 3 aliphatic rings. The van der Waals surface area contributed by atoms with Crippen molar-refractivity contribution in [3.63, 3.8) is 0 Å². The first-order chi connectivity index (χ1) is 24.3. The van der Waals surface area contributed by atoms with Crippen LogP contribution in [0.2, 0.25) is 5.02 Å². The number of rotatable bonds is 12. The van der Waals surface area contributed by atoms with E-state index in [0.717, 1.165) is 62.5 Å². The lowest BCUT2D eigenvalue weighted by atomic mass is 9.95. The number of hydrogen-bond acceptors (Lipinski definition) is 9. The molecule has 10 nitrogen and oxygen atoms in total. The Kier molecular flexibility index (Phi) is 10.2. The summed E-state index contributed by atoms with van der Waals surface area (Å²) in [6.45, 7) is 5.82. The fraction of sp³-hybridized carbons (Fsp3) is 0.474. The summed E-state index contributed by atoms with van der Waals surface area (Å²) in [5.41, 5.74) is 0.884. The van der Waals surface area contributed by atoms with Crippen molar-refractivity contribution in [3.8, 4) is 17.3 Å². The average molecular weight is 702 g/mol. The van der Waals surface area contributed by atoms with Crippen LogP contribution in [0.3, 0.4) is 0 Å². The number of likely N-dealkylation sites (tertiary alicyclic amines) is 1. The van der Waals surface area contributed by atoms with Crippen LogP contribution in [0.4, 0.5) is 10.2 Å². The summed E-state index contributed by atoms with van der Waals surface area (Å²) in [5.74, 6) is -0.0523. The zero-order chi connectivity index (χ0) is 34.8. The van der Waals surface area contributed by atoms with Gasteiger partial charge in [0.15, 0.2) is 5.82 Å². The summed E-state index contributed by atoms with van der Waals surface area (Å²) in [6.07, 6.45) is 10.4. The lowest BCUT2D eigenvalue weighted by Gasteiger charge is -2.31. The fourth-order valence-electron chi connectivity index (χ4n) is 7.90. The standard InChI is InChI=1S/C38H45ClFN7O3/c1-44(21-22-49-3)17-6-13-31(48)46-20-14-27(24-46)45(2)36-29-23-41-34(28-11-4-9-26-10-5-12-30(39)32(26)28)33(40)35(29)42-37(43-36)50-25-38-15-7-18-47(38)19-8-16-38/h4-6,9-13,23,27H,7-8,14-22,24-25H2,1-3H3/b13-6+. The number of likely N-dealkylation sites (N-methyl/N-ethyl adjacent to an activating group) is 2. The SMILES string of the molecule is COCCN(C)C/C=C/C(=O)N1CCC(N(C)c2nc(OCC34CCCN3CCC4)nc3c(F)c(-c4cccc5cccc(Cl)c45)ncc23)C1. The Morgan fingerprint density at radius 1 is 1.12 bits per heavy atom. The third kappa shape index (κ3) is 6.76. The van der Waals surface area contributed by atoms with Crippen LogP contribution in [0.25, 0.3) is 32.9 Å². The molecule has 1 unspecified atom stereocenters. The zero-order valence-corrected chi connectivity index (χ0v) is 29.8. The number of pyridine rings is 1. The molecular formula is C38H45ClFN7O3. The minimum absolute atomic E-state index is 0.0234. The number of benzene rings is 2. The molecule has 3 saturated heterocycles. The van der Waals surface area contributed by atoms with Gasteiger partial charge in [0.05, 0.1) is 17.5 Å². The maximum atomic E-state index is 16.8. The predicted octanol–water partition coefficient (Wildman–Crippen LogP) is 5.82. The molecule has 0 bridgehead atoms. The number of fused-ring (bicyclic) bond motifs is 3. The molecule has 0 N–H and O–H groups in total. The number of hydrogen-bond donors (Lipinski definition) is 0. The summed E-state index contributed by atoms with van der Waals surface area (Å²) < 4.78 is 28.4. The highest BCUT2D eigenvalue weighted by Crippen LogP contribution is 2.40. The molecule has 50 heavy (non-hydrogen) atoms. The Bertz CT molecular complexity index is 1890. The summed E-state index contributed by atoms with van der Waals surface area (Å²) in [6, 6.07) is 11.4. The van der Waals surface area contributed by atoms with Crippen molar-refractivity contribution < 1.29 is 18.7 Å². The van der Waals surface area contributed by atoms with E-state index in [2.05, 4.69) is 14.8 Å². The number of halogens is 2. The van der Waals surface area contributed by atoms with Crippen LogP contribution < -0.4 is 9.64 Å². The molecule has 3 fully saturated rings. The molecule has 7 rings (SSSR count). The Hall–Kier alpha value is -3.90. The second-order valence-corrected chi connectivity index (χ2v) is 14.3. The van der Waals surface area contributed by atoms with Gasteiger partial charge < -0.3 is 24.2 Å². The van der Waals surface area contributed by atoms with E-state index in [1.807, 2.05) is 60.3 Å². The van der Waals surface area contributed by atoms with Crippen LogP contribution >= 0.6 is 11.6 Å². The monoisotopic (exact) mass is 701 g/mol. The van der Waals surface area contributed by atoms with E-state index >= 15 is 4.39 Å². The molecule has 0 radical (unpaired) electrons. The molecule has 3 aliphatic heterocycles. The summed E-state index contributed by atoms with van der Waals surface area (Å²) >= 11 is 6.64. The maximum Gasteiger partial charge on any atom is 0.319 e. The van der Waals surface area contributed by atoms with Crippen LogP contribution in [-0.4, -0.2) is 121 Å². The number of methoxy groups -OCH3 is 1. The summed E-state index contributed by atoms with van der Waals surface area (Å²) in [5, 5.41) is 2.64. The van der Waals surface area contributed by atoms with Crippen LogP contribution in [0, 0.1) is 5.82 Å². The number of amides is 1. The first-order valence-corrected chi connectivity index (χ1v) is 17.9. The molecule has 0 spiro atoms. The van der Waals surface area contributed by atoms with Crippen LogP contribution in [0.15, 0.2) is 54.7 Å². The Balaban J connectivity index is 1.20. The molecule has 4 aromatic rings. The van der Waals surface area contributed by atoms with E-state index in [1.165, 1.54) is 0 Å². The quantitative estimate of drug-likeness (QED) is 0.170. The van der Waals surface area contributed by atoms with Gasteiger partial charge in [-0.25, -0.2) is 4.39 Å². The van der Waals surface area contributed by atoms with Crippen molar-refractivity contribution in [1.82, 2.24) is 29.7 Å². The lowest BCUT2D eigenvalue weighted by Crippen LogP contribution is -2.43. The first kappa shape index (κ1) is 34.5. The predicted molar refractivity (Wildman–Crippen MR) is 195 cm³/mol. The van der Waals surface area contributed by atoms with Crippen molar-refractivity contribution in [2.45, 2.75) is 43.7 Å². The average Bonchev–Trinajstić information content (AvgIpc) is 3.87. The second kappa shape index (κ2) is 14.8. The smallest absolute Gasteiger partial charge is 0.319 e. The maximum absolute atomic E-state index is 16.8. The number of carbonyl (C=O) groups is 1. The van der Waals surface area contributed by atoms with Crippen molar-refractivity contribution in [3.05, 3.63) is 65.6 Å². The Labute approximate surface area is 297 Å². The molecule has 0 aliphatic carbocycles. The van der Waals surface area contributed by atoms with Crippen LogP contribution in [-0.2, 0) is 9.53 Å². The third-order valence-electron chi connectivity index (χ3n) is 10.7. The van der Waals surface area contributed by atoms with E-state index in [0.29, 0.717) is 54.6 Å². The van der Waals surface area contributed by atoms with E-state index in [4.69, 9.17) is 31.0 Å². The van der Waals surface area contributed by atoms with Gasteiger partial charge in [-0.3, -0.25) is 14.7 Å². The molecular weight excluding hydrogens is 657 g/mol. The first-order valence-electron chi connectivity index (χ1n) is 17.6. The lowest BCUT2D eigenvalue weighted by molar-refractivity contribution is -0.125. The van der Waals surface area contributed by atoms with Gasteiger partial charge >= 0.3 is 6.01 Å². The molecule has 12 heteroatoms. The van der Waals surface area contributed by atoms with E-state index in [-0.39, 0.29) is 34.7 Å². The Morgan fingerprint density at radius 3 is 2.68 bits per heavy atom. The van der Waals surface area contributed by atoms with E-state index in [9.17, 15) is 4.79 Å². The third-order valence-corrected chi connectivity index (χ3v) is 11.1. The molecule has 2 aromatic carbocycles. The molecule has 1 atom stereocenters. The van der Waals surface area contributed by atoms with Gasteiger partial charge in [-0.2, -0.15) is 9.97 Å². The normalized spacial score (nSPS) is 19.0. The Morgan fingerprint density at radius 2 is 1.90 bits per heavy atom. The topological polar surface area (TPSA) is 87.2 Å². The second-order valence-electron chi connectivity index (χ2n) is 13.9. The molecule has 264 valence electrons. The van der Waals surface area contributed by atoms with Gasteiger partial charge in [-0.15, -0.1) is 0 Å². The van der Waals surface area contributed by atoms with Gasteiger partial charge in [0.2, 0.25) is 5.91 Å². The van der Waals surface area contributed by atoms with Gasteiger partial charge in [-0.1, -0.05) is 48.0 Å². The van der Waals surface area contributed by atoms with Gasteiger partial charge in [0, 0.05) is 74.6 Å². The van der Waals surface area contributed by atoms with Crippen LogP contribution in [0.1, 0.15) is 32.1 Å². The zero-order valence-electron chi connectivity index (χ0n) is 29.1. The fourth-order valence-corrected chi connectivity index (χ4v) is 8.19. The van der Waals surface area contributed by atoms with Crippen molar-refractivity contribution in [1.29, 1.82) is 0 Å². The number of ether oxygens (including phenoxy) is 2. The van der Waals surface area contributed by atoms with Gasteiger partial charge in [-0.05, 0) is 63.7 Å². The minimum atomic E-state index is -0.554. The summed E-state index contributed by atoms with van der Waals surface area (Å²) in [4.78, 5) is 35.9. The number of carbonyl (C=O) groups excluding carboxylic acids is 1. The highest BCUT2D eigenvalue weighted by atomic mass is 35.5.